The van der Waals surface area contributed by atoms with E-state index in [-0.39, 0.29) is 36.3 Å². The van der Waals surface area contributed by atoms with Crippen molar-refractivity contribution in [2.75, 3.05) is 0 Å². The van der Waals surface area contributed by atoms with Gasteiger partial charge in [-0.25, -0.2) is 0 Å². The van der Waals surface area contributed by atoms with Crippen LogP contribution in [0.2, 0.25) is 0 Å². The second-order valence-corrected chi connectivity index (χ2v) is 8.38. The number of hydrogen-bond acceptors (Lipinski definition) is 6. The lowest BCUT2D eigenvalue weighted by atomic mass is 9.95. The zero-order valence-electron chi connectivity index (χ0n) is 16.1. The molecule has 0 aliphatic heterocycles. The number of hydrogen-bond donors (Lipinski definition) is 6. The molecule has 1 aliphatic rings. The summed E-state index contributed by atoms with van der Waals surface area (Å²) in [5.74, 6) is 0. The summed E-state index contributed by atoms with van der Waals surface area (Å²) in [4.78, 5) is 0. The van der Waals surface area contributed by atoms with Crippen molar-refractivity contribution in [2.45, 2.75) is 120 Å². The molecule has 150 valence electrons. The van der Waals surface area contributed by atoms with Gasteiger partial charge in [0.15, 0.2) is 0 Å². The molecule has 0 aromatic carbocycles. The molecule has 1 rings (SSSR count). The molecule has 1 fully saturated rings. The SMILES string of the molecule is NC1CCCC(N)CCC(N)CC[C@@H](N)CCC(N)CCC(N)CC1. The van der Waals surface area contributed by atoms with E-state index in [2.05, 4.69) is 0 Å². The molecular formula is C19H44N6. The number of nitrogens with two attached hydrogens (primary N) is 6. The Bertz CT molecular complexity index is 297. The normalized spacial score (nSPS) is 39.1. The minimum Gasteiger partial charge on any atom is -0.328 e. The van der Waals surface area contributed by atoms with Crippen LogP contribution in [0, 0.1) is 0 Å². The first-order valence-electron chi connectivity index (χ1n) is 10.4. The van der Waals surface area contributed by atoms with Crippen molar-refractivity contribution in [1.29, 1.82) is 0 Å². The van der Waals surface area contributed by atoms with Gasteiger partial charge in [0.2, 0.25) is 0 Å². The van der Waals surface area contributed by atoms with E-state index in [0.717, 1.165) is 83.5 Å². The van der Waals surface area contributed by atoms with Gasteiger partial charge in [-0.2, -0.15) is 0 Å². The van der Waals surface area contributed by atoms with E-state index in [1.807, 2.05) is 0 Å². The molecular weight excluding hydrogens is 312 g/mol. The van der Waals surface area contributed by atoms with Crippen molar-refractivity contribution in [3.8, 4) is 0 Å². The first kappa shape index (κ1) is 22.8. The fraction of sp³-hybridized carbons (Fsp3) is 1.00. The van der Waals surface area contributed by atoms with Crippen molar-refractivity contribution >= 4 is 0 Å². The molecule has 5 unspecified atom stereocenters. The zero-order valence-corrected chi connectivity index (χ0v) is 16.1. The average molecular weight is 357 g/mol. The predicted octanol–water partition coefficient (Wildman–Crippen LogP) is 1.04. The highest BCUT2D eigenvalue weighted by molar-refractivity contribution is 4.76. The minimum absolute atomic E-state index is 0.194. The van der Waals surface area contributed by atoms with Crippen LogP contribution in [0.5, 0.6) is 0 Å². The van der Waals surface area contributed by atoms with Gasteiger partial charge in [0, 0.05) is 36.3 Å². The Kier molecular flexibility index (Phi) is 11.9. The summed E-state index contributed by atoms with van der Waals surface area (Å²) >= 11 is 0. The summed E-state index contributed by atoms with van der Waals surface area (Å²) in [6.45, 7) is 0. The predicted molar refractivity (Wildman–Crippen MR) is 108 cm³/mol. The highest BCUT2D eigenvalue weighted by Gasteiger charge is 2.14. The molecule has 12 N–H and O–H groups in total. The molecule has 6 nitrogen and oxygen atoms in total. The second-order valence-electron chi connectivity index (χ2n) is 8.38. The third kappa shape index (κ3) is 11.9. The molecule has 0 aromatic rings. The van der Waals surface area contributed by atoms with Crippen LogP contribution in [0.25, 0.3) is 0 Å². The van der Waals surface area contributed by atoms with Gasteiger partial charge in [-0.15, -0.1) is 0 Å². The smallest absolute Gasteiger partial charge is 0.00399 e. The summed E-state index contributed by atoms with van der Waals surface area (Å²) in [6, 6.07) is 1.25. The molecule has 1 aliphatic carbocycles. The molecule has 25 heavy (non-hydrogen) atoms. The van der Waals surface area contributed by atoms with Gasteiger partial charge in [0.1, 0.15) is 0 Å². The summed E-state index contributed by atoms with van der Waals surface area (Å²) in [7, 11) is 0. The fourth-order valence-corrected chi connectivity index (χ4v) is 3.65. The van der Waals surface area contributed by atoms with E-state index >= 15 is 0 Å². The van der Waals surface area contributed by atoms with Crippen LogP contribution < -0.4 is 34.4 Å². The standard InChI is InChI=1S/C19H44N6/c20-14-2-1-3-15(21)5-7-17(23)9-11-19(25)13-12-18(24)10-8-16(22)6-4-14/h14-19H,1-13,20-25H2/t14?,15?,16?,17?,18-,19?/m1/s1. The highest BCUT2D eigenvalue weighted by atomic mass is 14.7. The molecule has 1 saturated carbocycles. The Hall–Kier alpha value is -0.240. The summed E-state index contributed by atoms with van der Waals surface area (Å²) in [5.41, 5.74) is 37.4. The van der Waals surface area contributed by atoms with Crippen LogP contribution in [-0.4, -0.2) is 36.3 Å². The van der Waals surface area contributed by atoms with Crippen LogP contribution in [0.3, 0.4) is 0 Å². The van der Waals surface area contributed by atoms with E-state index in [1.54, 1.807) is 0 Å². The van der Waals surface area contributed by atoms with Crippen molar-refractivity contribution in [2.24, 2.45) is 34.4 Å². The largest absolute Gasteiger partial charge is 0.328 e. The first-order chi connectivity index (χ1) is 11.9. The van der Waals surface area contributed by atoms with Gasteiger partial charge in [0.05, 0.1) is 0 Å². The van der Waals surface area contributed by atoms with Crippen molar-refractivity contribution in [3.63, 3.8) is 0 Å². The van der Waals surface area contributed by atoms with Crippen molar-refractivity contribution in [1.82, 2.24) is 0 Å². The van der Waals surface area contributed by atoms with E-state index in [4.69, 9.17) is 34.4 Å². The lowest BCUT2D eigenvalue weighted by Crippen LogP contribution is -2.31. The van der Waals surface area contributed by atoms with E-state index < -0.39 is 0 Å². The Morgan fingerprint density at radius 1 is 0.280 bits per heavy atom. The van der Waals surface area contributed by atoms with E-state index in [0.29, 0.717) is 0 Å². The maximum absolute atomic E-state index is 6.23. The van der Waals surface area contributed by atoms with Crippen LogP contribution in [0.1, 0.15) is 83.5 Å². The van der Waals surface area contributed by atoms with E-state index in [1.165, 1.54) is 0 Å². The monoisotopic (exact) mass is 356 g/mol. The average Bonchev–Trinajstić information content (AvgIpc) is 2.58. The molecule has 0 heterocycles. The van der Waals surface area contributed by atoms with Crippen LogP contribution in [-0.2, 0) is 0 Å². The molecule has 0 aromatic heterocycles. The van der Waals surface area contributed by atoms with Gasteiger partial charge in [-0.1, -0.05) is 6.42 Å². The Labute approximate surface area is 154 Å². The molecule has 0 amide bonds. The topological polar surface area (TPSA) is 156 Å². The zero-order chi connectivity index (χ0) is 18.7. The van der Waals surface area contributed by atoms with Gasteiger partial charge < -0.3 is 34.4 Å². The first-order valence-corrected chi connectivity index (χ1v) is 10.4. The molecule has 6 heteroatoms. The molecule has 6 atom stereocenters. The summed E-state index contributed by atoms with van der Waals surface area (Å²) in [6.07, 6.45) is 12.9. The third-order valence-corrected chi connectivity index (χ3v) is 5.69. The second kappa shape index (κ2) is 13.0. The van der Waals surface area contributed by atoms with Crippen molar-refractivity contribution in [3.05, 3.63) is 0 Å². The molecule has 0 radical (unpaired) electrons. The van der Waals surface area contributed by atoms with Crippen LogP contribution >= 0.6 is 0 Å². The van der Waals surface area contributed by atoms with Gasteiger partial charge in [0.25, 0.3) is 0 Å². The van der Waals surface area contributed by atoms with Crippen LogP contribution in [0.15, 0.2) is 0 Å². The lowest BCUT2D eigenvalue weighted by Gasteiger charge is -2.19. The minimum atomic E-state index is 0.194. The summed E-state index contributed by atoms with van der Waals surface area (Å²) in [5, 5.41) is 0. The Morgan fingerprint density at radius 2 is 0.440 bits per heavy atom. The third-order valence-electron chi connectivity index (χ3n) is 5.69. The van der Waals surface area contributed by atoms with Gasteiger partial charge in [-0.05, 0) is 77.0 Å². The molecule has 0 saturated heterocycles. The van der Waals surface area contributed by atoms with E-state index in [9.17, 15) is 0 Å². The maximum Gasteiger partial charge on any atom is 0.00399 e. The van der Waals surface area contributed by atoms with Gasteiger partial charge in [-0.3, -0.25) is 0 Å². The summed E-state index contributed by atoms with van der Waals surface area (Å²) < 4.78 is 0. The van der Waals surface area contributed by atoms with Crippen molar-refractivity contribution < 1.29 is 0 Å². The quantitative estimate of drug-likeness (QED) is 0.381. The van der Waals surface area contributed by atoms with Crippen LogP contribution in [0.4, 0.5) is 0 Å². The van der Waals surface area contributed by atoms with Gasteiger partial charge >= 0.3 is 0 Å². The molecule has 0 spiro atoms. The number of rotatable bonds is 0. The fourth-order valence-electron chi connectivity index (χ4n) is 3.65. The molecule has 0 bridgehead atoms. The highest BCUT2D eigenvalue weighted by Crippen LogP contribution is 2.15. The maximum atomic E-state index is 6.23. The Morgan fingerprint density at radius 3 is 0.640 bits per heavy atom. The lowest BCUT2D eigenvalue weighted by molar-refractivity contribution is 0.419. The Balaban J connectivity index is 2.46.